The first-order valence-electron chi connectivity index (χ1n) is 9.62. The van der Waals surface area contributed by atoms with Crippen LogP contribution in [0.15, 0.2) is 66.2 Å². The fraction of sp³-hybridized carbons (Fsp3) is 0.409. The quantitative estimate of drug-likeness (QED) is 0.853. The summed E-state index contributed by atoms with van der Waals surface area (Å²) >= 11 is 0. The molecule has 142 valence electrons. The minimum atomic E-state index is -3.16. The van der Waals surface area contributed by atoms with Crippen LogP contribution in [-0.4, -0.2) is 29.9 Å². The molecule has 2 aliphatic rings. The molecule has 1 aromatic heterocycles. The molecule has 0 fully saturated rings. The maximum Gasteiger partial charge on any atom is 0.154 e. The van der Waals surface area contributed by atoms with Gasteiger partial charge in [-0.15, -0.1) is 0 Å². The molecule has 0 aliphatic heterocycles. The van der Waals surface area contributed by atoms with E-state index in [0.717, 1.165) is 43.4 Å². The molecular weight excluding hydrogens is 356 g/mol. The molecule has 0 radical (unpaired) electrons. The second-order valence-corrected chi connectivity index (χ2v) is 10.0. The number of nitrogens with zero attached hydrogens (tertiary/aromatic N) is 1. The van der Waals surface area contributed by atoms with E-state index in [1.165, 1.54) is 17.4 Å². The standard InChI is InChI=1S/C22H26N2O2S/c1-27(25,26)22-18(11-16-7-3-2-4-8-16)12-17(13-19-14-23-15-24-19)20-9-5-6-10-21(20)22/h2-5,7-9,14-15,17-18,22H,6,10-13H2,1H3,(H,23,24). The number of aromatic nitrogens is 2. The zero-order valence-electron chi connectivity index (χ0n) is 15.6. The van der Waals surface area contributed by atoms with Gasteiger partial charge in [-0.3, -0.25) is 0 Å². The summed E-state index contributed by atoms with van der Waals surface area (Å²) in [6.45, 7) is 0. The molecule has 0 saturated heterocycles. The molecule has 1 aromatic carbocycles. The van der Waals surface area contributed by atoms with Crippen LogP contribution in [0.2, 0.25) is 0 Å². The normalized spacial score (nSPS) is 25.4. The first-order valence-corrected chi connectivity index (χ1v) is 11.6. The SMILES string of the molecule is CS(=O)(=O)C1C2=C(C=CCC2)C(Cc2cnc[nH]2)CC1Cc1ccccc1. The third-order valence-electron chi connectivity index (χ3n) is 5.87. The lowest BCUT2D eigenvalue weighted by Gasteiger charge is -2.40. The minimum absolute atomic E-state index is 0.112. The van der Waals surface area contributed by atoms with E-state index in [1.54, 1.807) is 6.33 Å². The van der Waals surface area contributed by atoms with E-state index in [9.17, 15) is 8.42 Å². The van der Waals surface area contributed by atoms with Crippen molar-refractivity contribution in [2.24, 2.45) is 11.8 Å². The molecule has 1 N–H and O–H groups in total. The number of sulfone groups is 1. The molecule has 3 atom stereocenters. The lowest BCUT2D eigenvalue weighted by Crippen LogP contribution is -2.39. The number of rotatable bonds is 5. The predicted octanol–water partition coefficient (Wildman–Crippen LogP) is 3.89. The van der Waals surface area contributed by atoms with E-state index < -0.39 is 9.84 Å². The zero-order chi connectivity index (χ0) is 18.9. The van der Waals surface area contributed by atoms with Crippen LogP contribution in [0.1, 0.15) is 30.5 Å². The first-order chi connectivity index (χ1) is 13.0. The molecule has 0 bridgehead atoms. The monoisotopic (exact) mass is 382 g/mol. The molecular formula is C22H26N2O2S. The maximum atomic E-state index is 12.8. The second-order valence-electron chi connectivity index (χ2n) is 7.84. The number of nitrogens with one attached hydrogen (secondary N) is 1. The highest BCUT2D eigenvalue weighted by Gasteiger charge is 2.41. The van der Waals surface area contributed by atoms with Crippen molar-refractivity contribution >= 4 is 9.84 Å². The van der Waals surface area contributed by atoms with Crippen LogP contribution in [0.5, 0.6) is 0 Å². The zero-order valence-corrected chi connectivity index (χ0v) is 16.5. The van der Waals surface area contributed by atoms with E-state index in [1.807, 2.05) is 24.4 Å². The largest absolute Gasteiger partial charge is 0.348 e. The second kappa shape index (κ2) is 7.47. The Morgan fingerprint density at radius 2 is 2.00 bits per heavy atom. The molecule has 2 aromatic rings. The lowest BCUT2D eigenvalue weighted by atomic mass is 9.70. The number of imidazole rings is 1. The molecule has 5 heteroatoms. The van der Waals surface area contributed by atoms with Crippen LogP contribution >= 0.6 is 0 Å². The van der Waals surface area contributed by atoms with Gasteiger partial charge in [-0.25, -0.2) is 13.4 Å². The highest BCUT2D eigenvalue weighted by atomic mass is 32.2. The van der Waals surface area contributed by atoms with Gasteiger partial charge in [-0.1, -0.05) is 42.5 Å². The van der Waals surface area contributed by atoms with Gasteiger partial charge in [0.25, 0.3) is 0 Å². The topological polar surface area (TPSA) is 62.8 Å². The number of aromatic amines is 1. The Bertz CT molecular complexity index is 943. The van der Waals surface area contributed by atoms with E-state index in [0.29, 0.717) is 5.92 Å². The third-order valence-corrected chi connectivity index (χ3v) is 7.46. The summed E-state index contributed by atoms with van der Waals surface area (Å²) in [4.78, 5) is 7.36. The average Bonchev–Trinajstić information content (AvgIpc) is 3.14. The third kappa shape index (κ3) is 3.93. The van der Waals surface area contributed by atoms with Crippen molar-refractivity contribution in [1.29, 1.82) is 0 Å². The van der Waals surface area contributed by atoms with Crippen molar-refractivity contribution in [2.75, 3.05) is 6.26 Å². The van der Waals surface area contributed by atoms with Crippen molar-refractivity contribution in [3.8, 4) is 0 Å². The fourth-order valence-corrected chi connectivity index (χ4v) is 6.55. The Hall–Kier alpha value is -2.14. The lowest BCUT2D eigenvalue weighted by molar-refractivity contribution is 0.362. The Balaban J connectivity index is 1.73. The highest BCUT2D eigenvalue weighted by Crippen LogP contribution is 2.44. The summed E-state index contributed by atoms with van der Waals surface area (Å²) in [5.74, 6) is 0.448. The van der Waals surface area contributed by atoms with Crippen LogP contribution in [0, 0.1) is 11.8 Å². The van der Waals surface area contributed by atoms with E-state index in [4.69, 9.17) is 0 Å². The van der Waals surface area contributed by atoms with Gasteiger partial charge < -0.3 is 4.98 Å². The molecule has 4 nitrogen and oxygen atoms in total. The van der Waals surface area contributed by atoms with Gasteiger partial charge in [-0.2, -0.15) is 0 Å². The van der Waals surface area contributed by atoms with Crippen molar-refractivity contribution in [2.45, 2.75) is 37.4 Å². The predicted molar refractivity (Wildman–Crippen MR) is 108 cm³/mol. The van der Waals surface area contributed by atoms with Crippen LogP contribution in [0.3, 0.4) is 0 Å². The Kier molecular flexibility index (Phi) is 5.04. The van der Waals surface area contributed by atoms with Gasteiger partial charge in [0.05, 0.1) is 11.6 Å². The van der Waals surface area contributed by atoms with Crippen molar-refractivity contribution in [1.82, 2.24) is 9.97 Å². The van der Waals surface area contributed by atoms with Gasteiger partial charge in [-0.05, 0) is 60.6 Å². The van der Waals surface area contributed by atoms with Crippen molar-refractivity contribution in [3.05, 3.63) is 77.4 Å². The fourth-order valence-electron chi connectivity index (χ4n) is 4.88. The first kappa shape index (κ1) is 18.2. The van der Waals surface area contributed by atoms with E-state index in [-0.39, 0.29) is 11.2 Å². The number of H-pyrrole nitrogens is 1. The number of benzene rings is 1. The van der Waals surface area contributed by atoms with Crippen LogP contribution in [0.25, 0.3) is 0 Å². The molecule has 4 rings (SSSR count). The Morgan fingerprint density at radius 3 is 2.70 bits per heavy atom. The molecule has 0 saturated carbocycles. The van der Waals surface area contributed by atoms with Gasteiger partial charge >= 0.3 is 0 Å². The molecule has 0 spiro atoms. The van der Waals surface area contributed by atoms with Crippen LogP contribution < -0.4 is 0 Å². The molecule has 1 heterocycles. The summed E-state index contributed by atoms with van der Waals surface area (Å²) in [5.41, 5.74) is 4.72. The molecule has 3 unspecified atom stereocenters. The Labute approximate surface area is 161 Å². The summed E-state index contributed by atoms with van der Waals surface area (Å²) in [6.07, 6.45) is 13.7. The maximum absolute atomic E-state index is 12.8. The van der Waals surface area contributed by atoms with Crippen LogP contribution in [0.4, 0.5) is 0 Å². The van der Waals surface area contributed by atoms with E-state index in [2.05, 4.69) is 34.3 Å². The summed E-state index contributed by atoms with van der Waals surface area (Å²) < 4.78 is 25.6. The smallest absolute Gasteiger partial charge is 0.154 e. The van der Waals surface area contributed by atoms with Crippen molar-refractivity contribution in [3.63, 3.8) is 0 Å². The molecule has 2 aliphatic carbocycles. The van der Waals surface area contributed by atoms with Crippen molar-refractivity contribution < 1.29 is 8.42 Å². The summed E-state index contributed by atoms with van der Waals surface area (Å²) in [5, 5.41) is -0.365. The number of allylic oxidation sites excluding steroid dienone is 3. The number of hydrogen-bond acceptors (Lipinski definition) is 3. The summed E-state index contributed by atoms with van der Waals surface area (Å²) in [6, 6.07) is 10.3. The summed E-state index contributed by atoms with van der Waals surface area (Å²) in [7, 11) is -3.16. The highest BCUT2D eigenvalue weighted by molar-refractivity contribution is 7.91. The van der Waals surface area contributed by atoms with Crippen LogP contribution in [-0.2, 0) is 22.7 Å². The van der Waals surface area contributed by atoms with Gasteiger partial charge in [0, 0.05) is 18.1 Å². The minimum Gasteiger partial charge on any atom is -0.348 e. The molecule has 0 amide bonds. The van der Waals surface area contributed by atoms with E-state index >= 15 is 0 Å². The molecule has 27 heavy (non-hydrogen) atoms. The average molecular weight is 383 g/mol. The van der Waals surface area contributed by atoms with Gasteiger partial charge in [0.1, 0.15) is 0 Å². The van der Waals surface area contributed by atoms with Gasteiger partial charge in [0.15, 0.2) is 9.84 Å². The Morgan fingerprint density at radius 1 is 1.19 bits per heavy atom. The number of hydrogen-bond donors (Lipinski definition) is 1. The van der Waals surface area contributed by atoms with Gasteiger partial charge in [0.2, 0.25) is 0 Å².